The van der Waals surface area contributed by atoms with Crippen molar-refractivity contribution in [2.75, 3.05) is 12.4 Å². The maximum atomic E-state index is 11.3. The molecule has 1 aromatic rings. The molecule has 1 heterocycles. The van der Waals surface area contributed by atoms with E-state index in [2.05, 4.69) is 10.6 Å². The molecule has 0 unspecified atom stereocenters. The third-order valence-electron chi connectivity index (χ3n) is 2.38. The number of hydrogen-bond donors (Lipinski definition) is 2. The van der Waals surface area contributed by atoms with Crippen LogP contribution in [0.2, 0.25) is 0 Å². The number of hydrogen-bond acceptors (Lipinski definition) is 4. The van der Waals surface area contributed by atoms with Crippen molar-refractivity contribution in [1.82, 2.24) is 5.32 Å². The summed E-state index contributed by atoms with van der Waals surface area (Å²) in [5, 5.41) is 5.23. The molecular weight excluding hydrogens is 208 g/mol. The van der Waals surface area contributed by atoms with Crippen LogP contribution in [0.3, 0.4) is 0 Å². The van der Waals surface area contributed by atoms with Crippen LogP contribution in [-0.2, 0) is 9.59 Å². The monoisotopic (exact) mass is 220 g/mol. The molecule has 5 heteroatoms. The SMILES string of the molecule is COc1cccc(N[C@@H]2CC(=O)NC2=O)c1. The first-order valence-electron chi connectivity index (χ1n) is 4.93. The molecule has 2 N–H and O–H groups in total. The van der Waals surface area contributed by atoms with Gasteiger partial charge in [-0.2, -0.15) is 0 Å². The van der Waals surface area contributed by atoms with Crippen molar-refractivity contribution in [2.45, 2.75) is 12.5 Å². The summed E-state index contributed by atoms with van der Waals surface area (Å²) in [6.07, 6.45) is 0.177. The Morgan fingerprint density at radius 1 is 1.44 bits per heavy atom. The lowest BCUT2D eigenvalue weighted by atomic mass is 10.2. The van der Waals surface area contributed by atoms with Gasteiger partial charge in [0.2, 0.25) is 11.8 Å². The summed E-state index contributed by atoms with van der Waals surface area (Å²) in [5.41, 5.74) is 0.759. The molecule has 1 fully saturated rings. The fourth-order valence-electron chi connectivity index (χ4n) is 1.58. The number of amides is 2. The molecule has 0 spiro atoms. The van der Waals surface area contributed by atoms with Crippen molar-refractivity contribution >= 4 is 17.5 Å². The number of methoxy groups -OCH3 is 1. The van der Waals surface area contributed by atoms with Gasteiger partial charge in [0, 0.05) is 11.8 Å². The van der Waals surface area contributed by atoms with Crippen molar-refractivity contribution in [3.05, 3.63) is 24.3 Å². The highest BCUT2D eigenvalue weighted by atomic mass is 16.5. The summed E-state index contributed by atoms with van der Waals surface area (Å²) in [4.78, 5) is 22.3. The van der Waals surface area contributed by atoms with E-state index in [-0.39, 0.29) is 18.2 Å². The van der Waals surface area contributed by atoms with Crippen molar-refractivity contribution in [1.29, 1.82) is 0 Å². The summed E-state index contributed by atoms with van der Waals surface area (Å²) in [6, 6.07) is 6.73. The van der Waals surface area contributed by atoms with Crippen LogP contribution in [0.25, 0.3) is 0 Å². The van der Waals surface area contributed by atoms with Crippen LogP contribution in [-0.4, -0.2) is 25.0 Å². The van der Waals surface area contributed by atoms with Crippen LogP contribution in [0.4, 0.5) is 5.69 Å². The van der Waals surface area contributed by atoms with E-state index in [4.69, 9.17) is 4.74 Å². The average Bonchev–Trinajstić information content (AvgIpc) is 2.58. The largest absolute Gasteiger partial charge is 0.497 e. The molecule has 2 rings (SSSR count). The smallest absolute Gasteiger partial charge is 0.249 e. The predicted molar refractivity (Wildman–Crippen MR) is 58.2 cm³/mol. The summed E-state index contributed by atoms with van der Waals surface area (Å²) < 4.78 is 5.06. The molecule has 0 aromatic heterocycles. The first-order valence-corrected chi connectivity index (χ1v) is 4.93. The normalized spacial score (nSPS) is 19.4. The van der Waals surface area contributed by atoms with E-state index in [9.17, 15) is 9.59 Å². The van der Waals surface area contributed by atoms with E-state index in [0.29, 0.717) is 5.75 Å². The highest BCUT2D eigenvalue weighted by Gasteiger charge is 2.30. The molecule has 1 aliphatic rings. The second kappa shape index (κ2) is 4.22. The topological polar surface area (TPSA) is 67.4 Å². The van der Waals surface area contributed by atoms with Crippen molar-refractivity contribution < 1.29 is 14.3 Å². The molecule has 5 nitrogen and oxygen atoms in total. The number of rotatable bonds is 3. The molecule has 0 aliphatic carbocycles. The third kappa shape index (κ3) is 2.13. The fourth-order valence-corrected chi connectivity index (χ4v) is 1.58. The first kappa shape index (κ1) is 10.5. The lowest BCUT2D eigenvalue weighted by Crippen LogP contribution is -2.29. The quantitative estimate of drug-likeness (QED) is 0.729. The van der Waals surface area contributed by atoms with E-state index in [0.717, 1.165) is 5.69 Å². The minimum Gasteiger partial charge on any atom is -0.497 e. The Kier molecular flexibility index (Phi) is 2.76. The number of anilines is 1. The lowest BCUT2D eigenvalue weighted by molar-refractivity contribution is -0.124. The number of nitrogens with one attached hydrogen (secondary N) is 2. The van der Waals surface area contributed by atoms with Gasteiger partial charge in [-0.3, -0.25) is 14.9 Å². The molecule has 1 aromatic carbocycles. The van der Waals surface area contributed by atoms with Crippen LogP contribution in [0.1, 0.15) is 6.42 Å². The second-order valence-electron chi connectivity index (χ2n) is 3.55. The Labute approximate surface area is 92.8 Å². The zero-order chi connectivity index (χ0) is 11.5. The van der Waals surface area contributed by atoms with E-state index < -0.39 is 6.04 Å². The summed E-state index contributed by atoms with van der Waals surface area (Å²) in [6.45, 7) is 0. The molecule has 0 saturated carbocycles. The maximum absolute atomic E-state index is 11.3. The number of carbonyl (C=O) groups excluding carboxylic acids is 2. The minimum absolute atomic E-state index is 0.177. The molecule has 2 amide bonds. The molecule has 1 saturated heterocycles. The van der Waals surface area contributed by atoms with E-state index in [1.54, 1.807) is 13.2 Å². The van der Waals surface area contributed by atoms with Crippen LogP contribution in [0.15, 0.2) is 24.3 Å². The Balaban J connectivity index is 2.09. The fraction of sp³-hybridized carbons (Fsp3) is 0.273. The van der Waals surface area contributed by atoms with E-state index >= 15 is 0 Å². The Morgan fingerprint density at radius 3 is 2.88 bits per heavy atom. The number of imide groups is 1. The Bertz CT molecular complexity index is 431. The summed E-state index contributed by atoms with van der Waals surface area (Å²) >= 11 is 0. The summed E-state index contributed by atoms with van der Waals surface area (Å²) in [5.74, 6) is 0.174. The number of ether oxygens (including phenoxy) is 1. The van der Waals surface area contributed by atoms with Gasteiger partial charge in [-0.05, 0) is 12.1 Å². The van der Waals surface area contributed by atoms with Gasteiger partial charge in [0.1, 0.15) is 11.8 Å². The number of carbonyl (C=O) groups is 2. The van der Waals surface area contributed by atoms with Gasteiger partial charge < -0.3 is 10.1 Å². The maximum Gasteiger partial charge on any atom is 0.249 e. The van der Waals surface area contributed by atoms with Crippen molar-refractivity contribution in [2.24, 2.45) is 0 Å². The lowest BCUT2D eigenvalue weighted by Gasteiger charge is -2.11. The molecule has 0 bridgehead atoms. The second-order valence-corrected chi connectivity index (χ2v) is 3.55. The van der Waals surface area contributed by atoms with Gasteiger partial charge in [0.15, 0.2) is 0 Å². The molecule has 16 heavy (non-hydrogen) atoms. The first-order chi connectivity index (χ1) is 7.69. The van der Waals surface area contributed by atoms with Gasteiger partial charge in [-0.25, -0.2) is 0 Å². The Morgan fingerprint density at radius 2 is 2.25 bits per heavy atom. The highest BCUT2D eigenvalue weighted by molar-refractivity contribution is 6.06. The molecule has 84 valence electrons. The van der Waals surface area contributed by atoms with Gasteiger partial charge in [0.25, 0.3) is 0 Å². The van der Waals surface area contributed by atoms with Crippen LogP contribution in [0, 0.1) is 0 Å². The molecule has 1 atom stereocenters. The minimum atomic E-state index is -0.486. The number of benzene rings is 1. The molecular formula is C11H12N2O3. The zero-order valence-electron chi connectivity index (χ0n) is 8.82. The predicted octanol–water partition coefficient (Wildman–Crippen LogP) is 0.522. The van der Waals surface area contributed by atoms with Gasteiger partial charge in [-0.1, -0.05) is 6.07 Å². The standard InChI is InChI=1S/C11H12N2O3/c1-16-8-4-2-3-7(5-8)12-9-6-10(14)13-11(9)15/h2-5,9,12H,6H2,1H3,(H,13,14,15)/t9-/m1/s1. The zero-order valence-corrected chi connectivity index (χ0v) is 8.82. The van der Waals surface area contributed by atoms with E-state index in [1.807, 2.05) is 18.2 Å². The molecule has 0 radical (unpaired) electrons. The highest BCUT2D eigenvalue weighted by Crippen LogP contribution is 2.19. The average molecular weight is 220 g/mol. The Hall–Kier alpha value is -2.04. The van der Waals surface area contributed by atoms with Crippen molar-refractivity contribution in [3.63, 3.8) is 0 Å². The third-order valence-corrected chi connectivity index (χ3v) is 2.38. The van der Waals surface area contributed by atoms with Gasteiger partial charge in [-0.15, -0.1) is 0 Å². The summed E-state index contributed by atoms with van der Waals surface area (Å²) in [7, 11) is 1.57. The van der Waals surface area contributed by atoms with Gasteiger partial charge >= 0.3 is 0 Å². The van der Waals surface area contributed by atoms with Crippen LogP contribution >= 0.6 is 0 Å². The van der Waals surface area contributed by atoms with Crippen LogP contribution in [0.5, 0.6) is 5.75 Å². The van der Waals surface area contributed by atoms with Crippen LogP contribution < -0.4 is 15.4 Å². The van der Waals surface area contributed by atoms with Gasteiger partial charge in [0.05, 0.1) is 13.5 Å². The van der Waals surface area contributed by atoms with Crippen molar-refractivity contribution in [3.8, 4) is 5.75 Å². The van der Waals surface area contributed by atoms with E-state index in [1.165, 1.54) is 0 Å². The molecule has 1 aliphatic heterocycles.